The maximum Gasteiger partial charge on any atom is 0.307 e. The van der Waals surface area contributed by atoms with Crippen molar-refractivity contribution in [2.45, 2.75) is 11.3 Å². The topological polar surface area (TPSA) is 102 Å². The van der Waals surface area contributed by atoms with Crippen molar-refractivity contribution in [2.24, 2.45) is 0 Å². The smallest absolute Gasteiger partial charge is 0.307 e. The van der Waals surface area contributed by atoms with Crippen LogP contribution in [0.15, 0.2) is 33.6 Å². The van der Waals surface area contributed by atoms with E-state index in [0.717, 1.165) is 0 Å². The van der Waals surface area contributed by atoms with Gasteiger partial charge in [0.1, 0.15) is 0 Å². The van der Waals surface area contributed by atoms with E-state index in [1.54, 1.807) is 18.2 Å². The van der Waals surface area contributed by atoms with Crippen molar-refractivity contribution in [1.82, 2.24) is 10.0 Å². The number of amides is 1. The lowest BCUT2D eigenvalue weighted by atomic mass is 10.4. The zero-order valence-electron chi connectivity index (χ0n) is 11.3. The predicted octanol–water partition coefficient (Wildman–Crippen LogP) is 0.407. The van der Waals surface area contributed by atoms with Crippen LogP contribution in [0.3, 0.4) is 0 Å². The number of nitrogens with one attached hydrogen (secondary N) is 2. The molecule has 1 amide bonds. The first-order valence-corrected chi connectivity index (χ1v) is 8.25. The summed E-state index contributed by atoms with van der Waals surface area (Å²) in [5.74, 6) is -1.09. The molecule has 1 rings (SSSR count). The van der Waals surface area contributed by atoms with E-state index in [1.165, 1.54) is 13.1 Å². The van der Waals surface area contributed by atoms with Gasteiger partial charge in [0.15, 0.2) is 6.61 Å². The number of carbonyl (C=O) groups excluding carboxylic acids is 2. The first-order valence-electron chi connectivity index (χ1n) is 5.97. The molecule has 0 saturated heterocycles. The van der Waals surface area contributed by atoms with Crippen LogP contribution in [-0.4, -0.2) is 40.5 Å². The van der Waals surface area contributed by atoms with Gasteiger partial charge in [0, 0.05) is 18.1 Å². The molecule has 0 saturated carbocycles. The lowest BCUT2D eigenvalue weighted by Crippen LogP contribution is -2.29. The molecule has 0 aliphatic rings. The van der Waals surface area contributed by atoms with Crippen molar-refractivity contribution in [1.29, 1.82) is 0 Å². The molecule has 0 spiro atoms. The molecule has 0 radical (unpaired) electrons. The third-order valence-corrected chi connectivity index (χ3v) is 4.86. The summed E-state index contributed by atoms with van der Waals surface area (Å²) in [6, 6.07) is 6.33. The molecule has 116 valence electrons. The van der Waals surface area contributed by atoms with Gasteiger partial charge < -0.3 is 10.1 Å². The number of halogens is 1. The molecule has 0 aromatic heterocycles. The summed E-state index contributed by atoms with van der Waals surface area (Å²) in [5, 5.41) is 2.30. The lowest BCUT2D eigenvalue weighted by molar-refractivity contribution is -0.148. The number of hydrogen-bond acceptors (Lipinski definition) is 5. The van der Waals surface area contributed by atoms with Gasteiger partial charge in [-0.05, 0) is 28.1 Å². The second-order valence-corrected chi connectivity index (χ2v) is 6.50. The molecule has 1 aromatic carbocycles. The number of esters is 1. The Morgan fingerprint density at radius 3 is 2.57 bits per heavy atom. The van der Waals surface area contributed by atoms with Crippen LogP contribution in [0.2, 0.25) is 0 Å². The maximum atomic E-state index is 12.0. The third kappa shape index (κ3) is 5.82. The van der Waals surface area contributed by atoms with Crippen LogP contribution in [0.4, 0.5) is 0 Å². The summed E-state index contributed by atoms with van der Waals surface area (Å²) in [6.45, 7) is -0.497. The molecule has 0 heterocycles. The first kappa shape index (κ1) is 17.6. The van der Waals surface area contributed by atoms with E-state index in [0.29, 0.717) is 4.47 Å². The van der Waals surface area contributed by atoms with Crippen LogP contribution in [-0.2, 0) is 24.3 Å². The molecule has 0 atom stereocenters. The Balaban J connectivity index is 2.47. The average molecular weight is 379 g/mol. The number of rotatable bonds is 7. The summed E-state index contributed by atoms with van der Waals surface area (Å²) in [5.41, 5.74) is 0. The standard InChI is InChI=1S/C12H15BrN2O5S/c1-14-11(16)8-20-12(17)6-7-15-21(18,19)10-5-3-2-4-9(10)13/h2-5,15H,6-8H2,1H3,(H,14,16). The number of sulfonamides is 1. The summed E-state index contributed by atoms with van der Waals surface area (Å²) >= 11 is 3.15. The summed E-state index contributed by atoms with van der Waals surface area (Å²) in [6.07, 6.45) is -0.166. The minimum absolute atomic E-state index is 0.0868. The van der Waals surface area contributed by atoms with Gasteiger partial charge in [-0.1, -0.05) is 12.1 Å². The van der Waals surface area contributed by atoms with Gasteiger partial charge in [0.25, 0.3) is 5.91 Å². The van der Waals surface area contributed by atoms with Crippen molar-refractivity contribution in [3.63, 3.8) is 0 Å². The number of hydrogen-bond donors (Lipinski definition) is 2. The van der Waals surface area contributed by atoms with Crippen LogP contribution in [0.1, 0.15) is 6.42 Å². The minimum Gasteiger partial charge on any atom is -0.456 e. The quantitative estimate of drug-likeness (QED) is 0.669. The molecule has 0 unspecified atom stereocenters. The highest BCUT2D eigenvalue weighted by atomic mass is 79.9. The highest BCUT2D eigenvalue weighted by molar-refractivity contribution is 9.10. The zero-order valence-corrected chi connectivity index (χ0v) is 13.7. The second-order valence-electron chi connectivity index (χ2n) is 3.91. The Morgan fingerprint density at radius 2 is 1.95 bits per heavy atom. The van der Waals surface area contributed by atoms with E-state index in [4.69, 9.17) is 0 Å². The number of ether oxygens (including phenoxy) is 1. The molecule has 7 nitrogen and oxygen atoms in total. The van der Waals surface area contributed by atoms with E-state index in [9.17, 15) is 18.0 Å². The monoisotopic (exact) mass is 378 g/mol. The third-order valence-electron chi connectivity index (χ3n) is 2.39. The molecule has 2 N–H and O–H groups in total. The fourth-order valence-corrected chi connectivity index (χ4v) is 3.35. The largest absolute Gasteiger partial charge is 0.456 e. The number of likely N-dealkylation sites (N-methyl/N-ethyl adjacent to an activating group) is 1. The summed E-state index contributed by atoms with van der Waals surface area (Å²) in [7, 11) is -2.29. The van der Waals surface area contributed by atoms with Gasteiger partial charge in [-0.3, -0.25) is 9.59 Å². The Kier molecular flexibility index (Phi) is 6.79. The Labute approximate surface area is 131 Å². The van der Waals surface area contributed by atoms with E-state index in [-0.39, 0.29) is 24.5 Å². The molecule has 0 aliphatic heterocycles. The van der Waals surface area contributed by atoms with Crippen molar-refractivity contribution in [2.75, 3.05) is 20.2 Å². The highest BCUT2D eigenvalue weighted by Crippen LogP contribution is 2.20. The van der Waals surface area contributed by atoms with Crippen LogP contribution < -0.4 is 10.0 Å². The van der Waals surface area contributed by atoms with Crippen molar-refractivity contribution in [3.8, 4) is 0 Å². The van der Waals surface area contributed by atoms with Crippen LogP contribution >= 0.6 is 15.9 Å². The zero-order chi connectivity index (χ0) is 15.9. The minimum atomic E-state index is -3.71. The number of benzene rings is 1. The van der Waals surface area contributed by atoms with Gasteiger partial charge in [-0.2, -0.15) is 0 Å². The molecule has 9 heteroatoms. The Morgan fingerprint density at radius 1 is 1.29 bits per heavy atom. The van der Waals surface area contributed by atoms with E-state index < -0.39 is 21.9 Å². The van der Waals surface area contributed by atoms with Crippen LogP contribution in [0.25, 0.3) is 0 Å². The Bertz CT molecular complexity index is 618. The molecular formula is C12H15BrN2O5S. The highest BCUT2D eigenvalue weighted by Gasteiger charge is 2.17. The van der Waals surface area contributed by atoms with Gasteiger partial charge >= 0.3 is 5.97 Å². The summed E-state index contributed by atoms with van der Waals surface area (Å²) in [4.78, 5) is 22.3. The van der Waals surface area contributed by atoms with Gasteiger partial charge in [0.2, 0.25) is 10.0 Å². The SMILES string of the molecule is CNC(=O)COC(=O)CCNS(=O)(=O)c1ccccc1Br. The maximum absolute atomic E-state index is 12.0. The fraction of sp³-hybridized carbons (Fsp3) is 0.333. The van der Waals surface area contributed by atoms with Gasteiger partial charge in [0.05, 0.1) is 11.3 Å². The number of carbonyl (C=O) groups is 2. The lowest BCUT2D eigenvalue weighted by Gasteiger charge is -2.08. The normalized spacial score (nSPS) is 11.0. The van der Waals surface area contributed by atoms with E-state index in [1.807, 2.05) is 0 Å². The molecule has 1 aromatic rings. The van der Waals surface area contributed by atoms with Crippen molar-refractivity contribution < 1.29 is 22.7 Å². The van der Waals surface area contributed by atoms with Crippen molar-refractivity contribution in [3.05, 3.63) is 28.7 Å². The molecular weight excluding hydrogens is 364 g/mol. The average Bonchev–Trinajstić information content (AvgIpc) is 2.44. The van der Waals surface area contributed by atoms with Crippen molar-refractivity contribution >= 4 is 37.8 Å². The van der Waals surface area contributed by atoms with E-state index >= 15 is 0 Å². The molecule has 0 bridgehead atoms. The van der Waals surface area contributed by atoms with Gasteiger partial charge in [-0.15, -0.1) is 0 Å². The first-order chi connectivity index (χ1) is 9.86. The predicted molar refractivity (Wildman–Crippen MR) is 79.0 cm³/mol. The van der Waals surface area contributed by atoms with Gasteiger partial charge in [-0.25, -0.2) is 13.1 Å². The molecule has 21 heavy (non-hydrogen) atoms. The molecule has 0 fully saturated rings. The fourth-order valence-electron chi connectivity index (χ4n) is 1.32. The van der Waals surface area contributed by atoms with Crippen LogP contribution in [0, 0.1) is 0 Å². The Hall–Kier alpha value is -1.45. The van der Waals surface area contributed by atoms with Crippen LogP contribution in [0.5, 0.6) is 0 Å². The molecule has 0 aliphatic carbocycles. The summed E-state index contributed by atoms with van der Waals surface area (Å²) < 4.78 is 31.3. The van der Waals surface area contributed by atoms with E-state index in [2.05, 4.69) is 30.7 Å². The second kappa shape index (κ2) is 8.11.